The summed E-state index contributed by atoms with van der Waals surface area (Å²) in [5.74, 6) is 0.372. The van der Waals surface area contributed by atoms with Gasteiger partial charge in [0, 0.05) is 37.4 Å². The van der Waals surface area contributed by atoms with Crippen LogP contribution in [0.1, 0.15) is 23.1 Å². The Labute approximate surface area is 201 Å². The topological polar surface area (TPSA) is 92.0 Å². The van der Waals surface area contributed by atoms with Crippen LogP contribution in [0.25, 0.3) is 0 Å². The smallest absolute Gasteiger partial charge is 0.225 e. The molecule has 7 nitrogen and oxygen atoms in total. The van der Waals surface area contributed by atoms with Crippen LogP contribution in [-0.4, -0.2) is 49.6 Å². The number of amides is 1. The number of nitrogens with two attached hydrogens (primary N) is 1. The van der Waals surface area contributed by atoms with Gasteiger partial charge in [-0.25, -0.2) is 4.99 Å². The minimum atomic E-state index is 0. The standard InChI is InChI=1S/C23H31N5O2.HI/c1-17-6-7-21(14-18(17)2)27-23(24)25-16-19-4-3-5-20(15-19)26-22(29)8-9-28-10-12-30-13-11-28;/h3-7,14-15H,8-13,16H2,1-2H3,(H,26,29)(H3,24,25,27);1H. The van der Waals surface area contributed by atoms with Crippen LogP contribution in [0.5, 0.6) is 0 Å². The molecule has 1 saturated heterocycles. The molecule has 8 heteroatoms. The molecule has 1 aliphatic rings. The maximum Gasteiger partial charge on any atom is 0.225 e. The quantitative estimate of drug-likeness (QED) is 0.286. The molecule has 0 atom stereocenters. The number of nitrogens with zero attached hydrogens (tertiary/aromatic N) is 2. The lowest BCUT2D eigenvalue weighted by Gasteiger charge is -2.26. The number of ether oxygens (including phenoxy) is 1. The number of anilines is 2. The van der Waals surface area contributed by atoms with Crippen molar-refractivity contribution < 1.29 is 9.53 Å². The average Bonchev–Trinajstić information content (AvgIpc) is 2.74. The van der Waals surface area contributed by atoms with E-state index in [1.54, 1.807) is 0 Å². The fourth-order valence-electron chi connectivity index (χ4n) is 3.24. The first-order valence-corrected chi connectivity index (χ1v) is 10.3. The molecule has 0 spiro atoms. The van der Waals surface area contributed by atoms with Crippen LogP contribution in [-0.2, 0) is 16.1 Å². The monoisotopic (exact) mass is 537 g/mol. The maximum absolute atomic E-state index is 12.3. The molecule has 1 amide bonds. The summed E-state index contributed by atoms with van der Waals surface area (Å²) in [5, 5.41) is 6.09. The van der Waals surface area contributed by atoms with Crippen molar-refractivity contribution in [1.82, 2.24) is 4.90 Å². The molecule has 0 bridgehead atoms. The number of nitrogens with one attached hydrogen (secondary N) is 2. The van der Waals surface area contributed by atoms with E-state index in [1.807, 2.05) is 36.4 Å². The van der Waals surface area contributed by atoms with Crippen LogP contribution < -0.4 is 16.4 Å². The second-order valence-corrected chi connectivity index (χ2v) is 7.58. The molecule has 0 aliphatic carbocycles. The van der Waals surface area contributed by atoms with Gasteiger partial charge in [0.25, 0.3) is 0 Å². The van der Waals surface area contributed by atoms with Crippen molar-refractivity contribution in [3.8, 4) is 0 Å². The Morgan fingerprint density at radius 2 is 1.81 bits per heavy atom. The Hall–Kier alpha value is -2.17. The predicted molar refractivity (Wildman–Crippen MR) is 137 cm³/mol. The molecule has 1 heterocycles. The zero-order valence-corrected chi connectivity index (χ0v) is 20.5. The highest BCUT2D eigenvalue weighted by Crippen LogP contribution is 2.15. The van der Waals surface area contributed by atoms with E-state index >= 15 is 0 Å². The van der Waals surface area contributed by atoms with Crippen molar-refractivity contribution in [2.45, 2.75) is 26.8 Å². The van der Waals surface area contributed by atoms with Crippen molar-refractivity contribution in [1.29, 1.82) is 0 Å². The number of carbonyl (C=O) groups excluding carboxylic acids is 1. The second-order valence-electron chi connectivity index (χ2n) is 7.58. The van der Waals surface area contributed by atoms with Crippen molar-refractivity contribution in [2.75, 3.05) is 43.5 Å². The van der Waals surface area contributed by atoms with E-state index in [2.05, 4.69) is 40.4 Å². The highest BCUT2D eigenvalue weighted by molar-refractivity contribution is 14.0. The Morgan fingerprint density at radius 1 is 1.06 bits per heavy atom. The summed E-state index contributed by atoms with van der Waals surface area (Å²) in [4.78, 5) is 18.9. The third-order valence-electron chi connectivity index (χ3n) is 5.18. The number of hydrogen-bond donors (Lipinski definition) is 3. The van der Waals surface area contributed by atoms with E-state index in [1.165, 1.54) is 11.1 Å². The highest BCUT2D eigenvalue weighted by atomic mass is 127. The molecule has 1 fully saturated rings. The summed E-state index contributed by atoms with van der Waals surface area (Å²) >= 11 is 0. The van der Waals surface area contributed by atoms with E-state index in [9.17, 15) is 4.79 Å². The van der Waals surface area contributed by atoms with E-state index in [-0.39, 0.29) is 29.9 Å². The molecule has 1 aliphatic heterocycles. The van der Waals surface area contributed by atoms with Gasteiger partial charge in [-0.15, -0.1) is 24.0 Å². The first kappa shape index (κ1) is 25.1. The van der Waals surface area contributed by atoms with Gasteiger partial charge >= 0.3 is 0 Å². The van der Waals surface area contributed by atoms with E-state index in [4.69, 9.17) is 10.5 Å². The minimum absolute atomic E-state index is 0. The van der Waals surface area contributed by atoms with Gasteiger partial charge in [-0.1, -0.05) is 18.2 Å². The molecule has 4 N–H and O–H groups in total. The number of morpholine rings is 1. The van der Waals surface area contributed by atoms with Crippen LogP contribution in [0, 0.1) is 13.8 Å². The van der Waals surface area contributed by atoms with Gasteiger partial charge in [0.1, 0.15) is 0 Å². The van der Waals surface area contributed by atoms with Gasteiger partial charge in [-0.3, -0.25) is 9.69 Å². The van der Waals surface area contributed by atoms with E-state index in [0.29, 0.717) is 18.9 Å². The first-order valence-electron chi connectivity index (χ1n) is 10.3. The first-order chi connectivity index (χ1) is 14.5. The number of halogens is 1. The molecule has 0 aromatic heterocycles. The highest BCUT2D eigenvalue weighted by Gasteiger charge is 2.12. The Morgan fingerprint density at radius 3 is 2.55 bits per heavy atom. The van der Waals surface area contributed by atoms with Crippen LogP contribution in [0.15, 0.2) is 47.5 Å². The number of aliphatic imine (C=N–C) groups is 1. The van der Waals surface area contributed by atoms with Gasteiger partial charge in [0.05, 0.1) is 19.8 Å². The lowest BCUT2D eigenvalue weighted by atomic mass is 10.1. The number of hydrogen-bond acceptors (Lipinski definition) is 4. The molecule has 0 unspecified atom stereocenters. The Kier molecular flexibility index (Phi) is 10.2. The third kappa shape index (κ3) is 8.47. The van der Waals surface area contributed by atoms with Crippen LogP contribution >= 0.6 is 24.0 Å². The normalized spacial score (nSPS) is 14.6. The summed E-state index contributed by atoms with van der Waals surface area (Å²) in [6.45, 7) is 8.58. The second kappa shape index (κ2) is 12.6. The fraction of sp³-hybridized carbons (Fsp3) is 0.391. The van der Waals surface area contributed by atoms with Crippen LogP contribution in [0.2, 0.25) is 0 Å². The van der Waals surface area contributed by atoms with Gasteiger partial charge in [0.15, 0.2) is 5.96 Å². The number of aryl methyl sites for hydroxylation is 2. The maximum atomic E-state index is 12.3. The fourth-order valence-corrected chi connectivity index (χ4v) is 3.24. The summed E-state index contributed by atoms with van der Waals surface area (Å²) in [6.07, 6.45) is 0.467. The van der Waals surface area contributed by atoms with Gasteiger partial charge in [0.2, 0.25) is 5.91 Å². The molecule has 0 radical (unpaired) electrons. The number of rotatable bonds is 7. The summed E-state index contributed by atoms with van der Waals surface area (Å²) < 4.78 is 5.33. The summed E-state index contributed by atoms with van der Waals surface area (Å²) in [7, 11) is 0. The zero-order chi connectivity index (χ0) is 21.3. The zero-order valence-electron chi connectivity index (χ0n) is 18.2. The van der Waals surface area contributed by atoms with Crippen molar-refractivity contribution in [3.63, 3.8) is 0 Å². The molecule has 168 valence electrons. The third-order valence-corrected chi connectivity index (χ3v) is 5.18. The van der Waals surface area contributed by atoms with Gasteiger partial charge < -0.3 is 21.1 Å². The number of carbonyl (C=O) groups is 1. The molecule has 31 heavy (non-hydrogen) atoms. The molecule has 3 rings (SSSR count). The Bertz CT molecular complexity index is 897. The largest absolute Gasteiger partial charge is 0.379 e. The van der Waals surface area contributed by atoms with Crippen LogP contribution in [0.4, 0.5) is 11.4 Å². The summed E-state index contributed by atoms with van der Waals surface area (Å²) in [5.41, 5.74) is 11.1. The molecular formula is C23H32IN5O2. The van der Waals surface area contributed by atoms with Crippen molar-refractivity contribution >= 4 is 47.2 Å². The number of guanidine groups is 1. The number of benzene rings is 2. The molecule has 2 aromatic rings. The van der Waals surface area contributed by atoms with E-state index < -0.39 is 0 Å². The predicted octanol–water partition coefficient (Wildman–Crippen LogP) is 3.51. The van der Waals surface area contributed by atoms with Gasteiger partial charge in [-0.2, -0.15) is 0 Å². The lowest BCUT2D eigenvalue weighted by molar-refractivity contribution is -0.116. The summed E-state index contributed by atoms with van der Waals surface area (Å²) in [6, 6.07) is 13.8. The average molecular weight is 537 g/mol. The van der Waals surface area contributed by atoms with E-state index in [0.717, 1.165) is 49.8 Å². The van der Waals surface area contributed by atoms with Crippen molar-refractivity contribution in [3.05, 3.63) is 59.2 Å². The Balaban J connectivity index is 0.00000341. The molecule has 2 aromatic carbocycles. The SMILES string of the molecule is Cc1ccc(NC(N)=NCc2cccc(NC(=O)CCN3CCOCC3)c2)cc1C.I. The minimum Gasteiger partial charge on any atom is -0.379 e. The van der Waals surface area contributed by atoms with Crippen LogP contribution in [0.3, 0.4) is 0 Å². The molecular weight excluding hydrogens is 505 g/mol. The van der Waals surface area contributed by atoms with Crippen molar-refractivity contribution in [2.24, 2.45) is 10.7 Å². The van der Waals surface area contributed by atoms with Gasteiger partial charge in [-0.05, 0) is 54.8 Å². The lowest BCUT2D eigenvalue weighted by Crippen LogP contribution is -2.38. The molecule has 0 saturated carbocycles.